The van der Waals surface area contributed by atoms with E-state index in [1.54, 1.807) is 26.8 Å². The molecule has 19 heavy (non-hydrogen) atoms. The van der Waals surface area contributed by atoms with Crippen LogP contribution in [0.5, 0.6) is 0 Å². The molecular formula is C13H19N3O3. The van der Waals surface area contributed by atoms with Gasteiger partial charge in [0.1, 0.15) is 0 Å². The zero-order valence-electron chi connectivity index (χ0n) is 11.5. The zero-order chi connectivity index (χ0) is 14.3. The summed E-state index contributed by atoms with van der Waals surface area (Å²) in [7, 11) is 0. The Bertz CT molecular complexity index is 460. The molecule has 0 spiro atoms. The summed E-state index contributed by atoms with van der Waals surface area (Å²) in [5.74, 6) is -0.436. The average Bonchev–Trinajstić information content (AvgIpc) is 2.37. The molecule has 6 heteroatoms. The van der Waals surface area contributed by atoms with Crippen molar-refractivity contribution < 1.29 is 14.3 Å². The molecular weight excluding hydrogens is 246 g/mol. The molecule has 0 fully saturated rings. The molecule has 1 rings (SSSR count). The van der Waals surface area contributed by atoms with Gasteiger partial charge >= 0.3 is 5.97 Å². The van der Waals surface area contributed by atoms with Crippen LogP contribution in [0.25, 0.3) is 0 Å². The first kappa shape index (κ1) is 15.1. The Balaban J connectivity index is 2.39. The van der Waals surface area contributed by atoms with Crippen LogP contribution in [-0.2, 0) is 9.53 Å². The average molecular weight is 265 g/mol. The first-order chi connectivity index (χ1) is 9.04. The van der Waals surface area contributed by atoms with Crippen molar-refractivity contribution in [3.63, 3.8) is 0 Å². The highest BCUT2D eigenvalue weighted by molar-refractivity contribution is 5.95. The Morgan fingerprint density at radius 1 is 1.32 bits per heavy atom. The highest BCUT2D eigenvalue weighted by Crippen LogP contribution is 2.05. The van der Waals surface area contributed by atoms with E-state index in [0.717, 1.165) is 0 Å². The smallest absolute Gasteiger partial charge is 0.305 e. The van der Waals surface area contributed by atoms with Gasteiger partial charge in [0.05, 0.1) is 23.6 Å². The third-order valence-electron chi connectivity index (χ3n) is 2.49. The Morgan fingerprint density at radius 3 is 2.74 bits per heavy atom. The second-order valence-corrected chi connectivity index (χ2v) is 4.15. The predicted molar refractivity (Wildman–Crippen MR) is 69.7 cm³/mol. The third-order valence-corrected chi connectivity index (χ3v) is 2.49. The van der Waals surface area contributed by atoms with Gasteiger partial charge in [0.25, 0.3) is 5.91 Å². The maximum Gasteiger partial charge on any atom is 0.305 e. The van der Waals surface area contributed by atoms with E-state index in [1.807, 2.05) is 0 Å². The fraction of sp³-hybridized carbons (Fsp3) is 0.538. The van der Waals surface area contributed by atoms with Gasteiger partial charge in [-0.2, -0.15) is 10.2 Å². The quantitative estimate of drug-likeness (QED) is 0.616. The Labute approximate surface area is 112 Å². The highest BCUT2D eigenvalue weighted by Gasteiger charge is 2.10. The first-order valence-corrected chi connectivity index (χ1v) is 6.29. The van der Waals surface area contributed by atoms with Crippen LogP contribution in [0.4, 0.5) is 0 Å². The van der Waals surface area contributed by atoms with Crippen LogP contribution in [0.15, 0.2) is 6.07 Å². The van der Waals surface area contributed by atoms with Crippen molar-refractivity contribution in [1.82, 2.24) is 15.5 Å². The molecule has 0 unspecified atom stereocenters. The molecule has 0 aliphatic carbocycles. The van der Waals surface area contributed by atoms with Crippen LogP contribution in [-0.4, -0.2) is 35.2 Å². The lowest BCUT2D eigenvalue weighted by Crippen LogP contribution is -2.26. The lowest BCUT2D eigenvalue weighted by atomic mass is 10.2. The van der Waals surface area contributed by atoms with E-state index < -0.39 is 0 Å². The highest BCUT2D eigenvalue weighted by atomic mass is 16.5. The Morgan fingerprint density at radius 2 is 2.05 bits per heavy atom. The number of amides is 1. The number of hydrogen-bond acceptors (Lipinski definition) is 5. The molecule has 1 amide bonds. The number of nitrogens with one attached hydrogen (secondary N) is 1. The van der Waals surface area contributed by atoms with Gasteiger partial charge in [-0.1, -0.05) is 0 Å². The monoisotopic (exact) mass is 265 g/mol. The van der Waals surface area contributed by atoms with E-state index in [-0.39, 0.29) is 11.9 Å². The van der Waals surface area contributed by atoms with Gasteiger partial charge in [0.2, 0.25) is 0 Å². The van der Waals surface area contributed by atoms with Crippen molar-refractivity contribution in [2.45, 2.75) is 33.6 Å². The van der Waals surface area contributed by atoms with E-state index in [2.05, 4.69) is 15.5 Å². The van der Waals surface area contributed by atoms with Crippen molar-refractivity contribution in [1.29, 1.82) is 0 Å². The summed E-state index contributed by atoms with van der Waals surface area (Å²) in [5, 5.41) is 10.5. The van der Waals surface area contributed by atoms with E-state index in [4.69, 9.17) is 4.74 Å². The standard InChI is InChI=1S/C13H19N3O3/c1-4-19-12(17)6-5-7-14-13(18)11-8-9(2)15-16-10(11)3/h8H,4-7H2,1-3H3,(H,14,18). The maximum absolute atomic E-state index is 11.9. The number of nitrogens with zero attached hydrogens (tertiary/aromatic N) is 2. The number of carbonyl (C=O) groups is 2. The van der Waals surface area contributed by atoms with Crippen LogP contribution in [0.2, 0.25) is 0 Å². The molecule has 1 aromatic heterocycles. The molecule has 0 bridgehead atoms. The molecule has 0 saturated heterocycles. The summed E-state index contributed by atoms with van der Waals surface area (Å²) in [6.07, 6.45) is 0.863. The second-order valence-electron chi connectivity index (χ2n) is 4.15. The van der Waals surface area contributed by atoms with Crippen LogP contribution < -0.4 is 5.32 Å². The molecule has 1 aromatic rings. The van der Waals surface area contributed by atoms with Crippen LogP contribution in [0.1, 0.15) is 41.5 Å². The van der Waals surface area contributed by atoms with E-state index in [0.29, 0.717) is 42.9 Å². The van der Waals surface area contributed by atoms with Gasteiger partial charge in [0.15, 0.2) is 0 Å². The number of esters is 1. The largest absolute Gasteiger partial charge is 0.466 e. The fourth-order valence-corrected chi connectivity index (χ4v) is 1.54. The normalized spacial score (nSPS) is 10.1. The van der Waals surface area contributed by atoms with Crippen LogP contribution in [0.3, 0.4) is 0 Å². The second kappa shape index (κ2) is 7.45. The summed E-state index contributed by atoms with van der Waals surface area (Å²) in [4.78, 5) is 23.0. The van der Waals surface area contributed by atoms with Crippen LogP contribution >= 0.6 is 0 Å². The molecule has 0 aromatic carbocycles. The van der Waals surface area contributed by atoms with E-state index in [1.165, 1.54) is 0 Å². The molecule has 104 valence electrons. The molecule has 0 radical (unpaired) electrons. The Hall–Kier alpha value is -1.98. The summed E-state index contributed by atoms with van der Waals surface area (Å²) in [6, 6.07) is 1.70. The summed E-state index contributed by atoms with van der Waals surface area (Å²) < 4.78 is 4.80. The lowest BCUT2D eigenvalue weighted by molar-refractivity contribution is -0.143. The minimum atomic E-state index is -0.241. The van der Waals surface area contributed by atoms with Crippen molar-refractivity contribution in [2.24, 2.45) is 0 Å². The molecule has 1 N–H and O–H groups in total. The number of aromatic nitrogens is 2. The number of ether oxygens (including phenoxy) is 1. The minimum Gasteiger partial charge on any atom is -0.466 e. The molecule has 0 aliphatic heterocycles. The van der Waals surface area contributed by atoms with Gasteiger partial charge in [0, 0.05) is 13.0 Å². The Kier molecular flexibility index (Phi) is 5.92. The van der Waals surface area contributed by atoms with E-state index >= 15 is 0 Å². The predicted octanol–water partition coefficient (Wildman–Crippen LogP) is 1.17. The van der Waals surface area contributed by atoms with Crippen LogP contribution in [0, 0.1) is 13.8 Å². The summed E-state index contributed by atoms with van der Waals surface area (Å²) in [6.45, 7) is 6.09. The third kappa shape index (κ3) is 5.03. The molecule has 6 nitrogen and oxygen atoms in total. The summed E-state index contributed by atoms with van der Waals surface area (Å²) >= 11 is 0. The maximum atomic E-state index is 11.9. The molecule has 1 heterocycles. The van der Waals surface area contributed by atoms with E-state index in [9.17, 15) is 9.59 Å². The number of aryl methyl sites for hydroxylation is 2. The zero-order valence-corrected chi connectivity index (χ0v) is 11.5. The van der Waals surface area contributed by atoms with Gasteiger partial charge in [-0.05, 0) is 33.3 Å². The van der Waals surface area contributed by atoms with Gasteiger partial charge in [-0.25, -0.2) is 0 Å². The topological polar surface area (TPSA) is 81.2 Å². The fourth-order valence-electron chi connectivity index (χ4n) is 1.54. The molecule has 0 atom stereocenters. The van der Waals surface area contributed by atoms with Gasteiger partial charge in [-0.15, -0.1) is 0 Å². The molecule has 0 aliphatic rings. The van der Waals surface area contributed by atoms with Gasteiger partial charge < -0.3 is 10.1 Å². The SMILES string of the molecule is CCOC(=O)CCCNC(=O)c1cc(C)nnc1C. The first-order valence-electron chi connectivity index (χ1n) is 6.29. The minimum absolute atomic E-state index is 0.195. The molecule has 0 saturated carbocycles. The van der Waals surface area contributed by atoms with Crippen molar-refractivity contribution in [3.8, 4) is 0 Å². The lowest BCUT2D eigenvalue weighted by Gasteiger charge is -2.07. The van der Waals surface area contributed by atoms with Crippen molar-refractivity contribution in [2.75, 3.05) is 13.2 Å². The van der Waals surface area contributed by atoms with Crippen molar-refractivity contribution >= 4 is 11.9 Å². The number of hydrogen-bond donors (Lipinski definition) is 1. The number of carbonyl (C=O) groups excluding carboxylic acids is 2. The van der Waals surface area contributed by atoms with Gasteiger partial charge in [-0.3, -0.25) is 9.59 Å². The summed E-state index contributed by atoms with van der Waals surface area (Å²) in [5.41, 5.74) is 1.81. The number of rotatable bonds is 6. The van der Waals surface area contributed by atoms with Crippen molar-refractivity contribution in [3.05, 3.63) is 23.0 Å².